The molecule has 1 aromatic heterocycles. The lowest BCUT2D eigenvalue weighted by molar-refractivity contribution is 0.450. The molecule has 0 saturated carbocycles. The van der Waals surface area contributed by atoms with Gasteiger partial charge in [-0.3, -0.25) is 0 Å². The quantitative estimate of drug-likeness (QED) is 0.456. The second-order valence-corrected chi connectivity index (χ2v) is 6.12. The molecule has 3 nitrogen and oxygen atoms in total. The lowest BCUT2D eigenvalue weighted by atomic mass is 10.2. The summed E-state index contributed by atoms with van der Waals surface area (Å²) in [7, 11) is 0. The number of nitrogens with zero attached hydrogens (tertiary/aromatic N) is 2. The minimum Gasteiger partial charge on any atom is -0.439 e. The molecule has 0 radical (unpaired) electrons. The van der Waals surface area contributed by atoms with E-state index < -0.39 is 17.5 Å². The molecule has 7 heteroatoms. The van der Waals surface area contributed by atoms with Gasteiger partial charge in [0.1, 0.15) is 23.2 Å². The molecule has 2 aromatic carbocycles. The van der Waals surface area contributed by atoms with Gasteiger partial charge in [0, 0.05) is 29.1 Å². The van der Waals surface area contributed by atoms with E-state index in [9.17, 15) is 13.2 Å². The van der Waals surface area contributed by atoms with Crippen molar-refractivity contribution in [3.05, 3.63) is 77.2 Å². The van der Waals surface area contributed by atoms with E-state index in [0.717, 1.165) is 11.8 Å². The second-order valence-electron chi connectivity index (χ2n) is 5.18. The molecule has 0 saturated heterocycles. The molecule has 0 unspecified atom stereocenters. The molecule has 128 valence electrons. The first-order chi connectivity index (χ1) is 12.0. The van der Waals surface area contributed by atoms with Crippen LogP contribution in [0.5, 0.6) is 11.6 Å². The molecule has 0 aliphatic rings. The fourth-order valence-corrected chi connectivity index (χ4v) is 3.00. The lowest BCUT2D eigenvalue weighted by Gasteiger charge is -2.08. The summed E-state index contributed by atoms with van der Waals surface area (Å²) in [5.41, 5.74) is 0.586. The summed E-state index contributed by atoms with van der Waals surface area (Å²) in [6, 6.07) is 11.0. The fourth-order valence-electron chi connectivity index (χ4n) is 2.09. The van der Waals surface area contributed by atoms with Crippen molar-refractivity contribution in [2.24, 2.45) is 0 Å². The van der Waals surface area contributed by atoms with Gasteiger partial charge in [-0.1, -0.05) is 23.9 Å². The number of aryl methyl sites for hydroxylation is 1. The van der Waals surface area contributed by atoms with Crippen LogP contribution in [0.1, 0.15) is 11.3 Å². The van der Waals surface area contributed by atoms with Crippen molar-refractivity contribution in [2.45, 2.75) is 17.8 Å². The Balaban J connectivity index is 1.77. The zero-order valence-corrected chi connectivity index (χ0v) is 14.0. The molecular formula is C18H13F3N2OS. The lowest BCUT2D eigenvalue weighted by Crippen LogP contribution is -1.97. The number of thioether (sulfide) groups is 1. The number of benzene rings is 2. The summed E-state index contributed by atoms with van der Waals surface area (Å²) < 4.78 is 46.1. The third kappa shape index (κ3) is 4.51. The molecule has 3 aromatic rings. The van der Waals surface area contributed by atoms with Crippen LogP contribution in [0.4, 0.5) is 13.2 Å². The monoisotopic (exact) mass is 362 g/mol. The van der Waals surface area contributed by atoms with Crippen molar-refractivity contribution in [3.8, 4) is 11.6 Å². The summed E-state index contributed by atoms with van der Waals surface area (Å²) in [6.45, 7) is 1.74. The molecule has 0 atom stereocenters. The van der Waals surface area contributed by atoms with E-state index in [1.165, 1.54) is 36.4 Å². The molecule has 0 aliphatic heterocycles. The van der Waals surface area contributed by atoms with E-state index in [4.69, 9.17) is 4.74 Å². The van der Waals surface area contributed by atoms with Crippen molar-refractivity contribution in [3.63, 3.8) is 0 Å². The van der Waals surface area contributed by atoms with Gasteiger partial charge in [0.25, 0.3) is 0 Å². The highest BCUT2D eigenvalue weighted by Gasteiger charge is 2.11. The summed E-state index contributed by atoms with van der Waals surface area (Å²) in [6.07, 6.45) is 0. The van der Waals surface area contributed by atoms with Gasteiger partial charge in [-0.2, -0.15) is 4.98 Å². The van der Waals surface area contributed by atoms with Crippen molar-refractivity contribution in [1.82, 2.24) is 9.97 Å². The Morgan fingerprint density at radius 1 is 0.960 bits per heavy atom. The maximum atomic E-state index is 13.7. The topological polar surface area (TPSA) is 35.0 Å². The molecular weight excluding hydrogens is 349 g/mol. The number of hydrogen-bond donors (Lipinski definition) is 0. The molecule has 1 heterocycles. The van der Waals surface area contributed by atoms with Crippen LogP contribution in [-0.4, -0.2) is 9.97 Å². The smallest absolute Gasteiger partial charge is 0.223 e. The molecule has 0 aliphatic carbocycles. The van der Waals surface area contributed by atoms with Gasteiger partial charge in [-0.15, -0.1) is 0 Å². The molecule has 0 amide bonds. The van der Waals surface area contributed by atoms with E-state index >= 15 is 0 Å². The highest BCUT2D eigenvalue weighted by Crippen LogP contribution is 2.27. The van der Waals surface area contributed by atoms with Crippen molar-refractivity contribution < 1.29 is 17.9 Å². The average molecular weight is 362 g/mol. The van der Waals surface area contributed by atoms with Gasteiger partial charge in [0.15, 0.2) is 5.16 Å². The first-order valence-electron chi connectivity index (χ1n) is 7.36. The Labute approximate surface area is 146 Å². The zero-order chi connectivity index (χ0) is 17.8. The fraction of sp³-hybridized carbons (Fsp3) is 0.111. The van der Waals surface area contributed by atoms with Crippen molar-refractivity contribution >= 4 is 11.8 Å². The van der Waals surface area contributed by atoms with Crippen LogP contribution in [0.25, 0.3) is 0 Å². The van der Waals surface area contributed by atoms with E-state index in [1.807, 2.05) is 0 Å². The van der Waals surface area contributed by atoms with Gasteiger partial charge in [-0.05, 0) is 31.2 Å². The number of aromatic nitrogens is 2. The van der Waals surface area contributed by atoms with Crippen molar-refractivity contribution in [1.29, 1.82) is 0 Å². The van der Waals surface area contributed by atoms with Gasteiger partial charge in [-0.25, -0.2) is 18.2 Å². The van der Waals surface area contributed by atoms with Gasteiger partial charge in [0.05, 0.1) is 0 Å². The maximum absolute atomic E-state index is 13.7. The van der Waals surface area contributed by atoms with Crippen LogP contribution in [0, 0.1) is 24.4 Å². The van der Waals surface area contributed by atoms with Crippen LogP contribution in [0.2, 0.25) is 0 Å². The van der Waals surface area contributed by atoms with Crippen molar-refractivity contribution in [2.75, 3.05) is 0 Å². The number of ether oxygens (including phenoxy) is 1. The van der Waals surface area contributed by atoms with Gasteiger partial charge in [0.2, 0.25) is 5.88 Å². The Morgan fingerprint density at radius 3 is 2.40 bits per heavy atom. The third-order valence-electron chi connectivity index (χ3n) is 3.24. The minimum absolute atomic E-state index is 0.0368. The standard InChI is InChI=1S/C18H13F3N2OS/c1-11-8-17(24-13-5-2-4-12(19)9-13)23-18(22-11)25-10-14-15(20)6-3-7-16(14)21/h2-9H,10H2,1H3. The van der Waals surface area contributed by atoms with E-state index in [0.29, 0.717) is 16.6 Å². The van der Waals surface area contributed by atoms with Gasteiger partial charge >= 0.3 is 0 Å². The summed E-state index contributed by atoms with van der Waals surface area (Å²) in [4.78, 5) is 8.42. The first-order valence-corrected chi connectivity index (χ1v) is 8.34. The van der Waals surface area contributed by atoms with E-state index in [1.54, 1.807) is 19.1 Å². The highest BCUT2D eigenvalue weighted by atomic mass is 32.2. The minimum atomic E-state index is -0.614. The highest BCUT2D eigenvalue weighted by molar-refractivity contribution is 7.98. The number of halogens is 3. The molecule has 25 heavy (non-hydrogen) atoms. The zero-order valence-electron chi connectivity index (χ0n) is 13.2. The predicted octanol–water partition coefficient (Wildman–Crippen LogP) is 5.29. The summed E-state index contributed by atoms with van der Waals surface area (Å²) in [5, 5.41) is 0.314. The Kier molecular flexibility index (Phi) is 5.23. The molecule has 0 spiro atoms. The van der Waals surface area contributed by atoms with E-state index in [-0.39, 0.29) is 17.2 Å². The SMILES string of the molecule is Cc1cc(Oc2cccc(F)c2)nc(SCc2c(F)cccc2F)n1. The Morgan fingerprint density at radius 2 is 1.68 bits per heavy atom. The van der Waals surface area contributed by atoms with E-state index in [2.05, 4.69) is 9.97 Å². The molecule has 3 rings (SSSR count). The first kappa shape index (κ1) is 17.3. The van der Waals surface area contributed by atoms with Gasteiger partial charge < -0.3 is 4.74 Å². The maximum Gasteiger partial charge on any atom is 0.223 e. The molecule has 0 N–H and O–H groups in total. The average Bonchev–Trinajstić information content (AvgIpc) is 2.54. The van der Waals surface area contributed by atoms with Crippen LogP contribution in [0.15, 0.2) is 53.7 Å². The third-order valence-corrected chi connectivity index (χ3v) is 4.11. The Bertz CT molecular complexity index is 885. The Hall–Kier alpha value is -2.54. The predicted molar refractivity (Wildman–Crippen MR) is 89.2 cm³/mol. The van der Waals surface area contributed by atoms with Crippen LogP contribution in [0.3, 0.4) is 0 Å². The molecule has 0 bridgehead atoms. The summed E-state index contributed by atoms with van der Waals surface area (Å²) in [5.74, 6) is -1.08. The van der Waals surface area contributed by atoms with Crippen LogP contribution >= 0.6 is 11.8 Å². The van der Waals surface area contributed by atoms with Crippen LogP contribution in [-0.2, 0) is 5.75 Å². The number of rotatable bonds is 5. The summed E-state index contributed by atoms with van der Waals surface area (Å²) >= 11 is 1.09. The number of hydrogen-bond acceptors (Lipinski definition) is 4. The molecule has 0 fully saturated rings. The largest absolute Gasteiger partial charge is 0.439 e. The second kappa shape index (κ2) is 7.57. The van der Waals surface area contributed by atoms with Crippen LogP contribution < -0.4 is 4.74 Å². The normalized spacial score (nSPS) is 10.7.